The molecule has 107 heavy (non-hydrogen) atoms. The summed E-state index contributed by atoms with van der Waals surface area (Å²) in [7, 11) is -3.22. The lowest BCUT2D eigenvalue weighted by Gasteiger charge is -2.34. The van der Waals surface area contributed by atoms with E-state index in [0.717, 1.165) is 43.4 Å². The maximum atomic E-state index is 13.5. The fraction of sp³-hybridized carbons (Fsp3) is 0.276. The fourth-order valence-electron chi connectivity index (χ4n) is 12.0. The standard InChI is InChI=1S/C26H22F4N4O2.C25H23F2N5O3.C25H24F2N4O4S/c1-15(27)36-20-4-2-3-17(7-20)21-14-34(25-32-12-19(28)13-33-25)22-8-18(11-31-24(21)22)23(35)6-5-16-9-26(29,30)10-16;1-14(26)35-18-6-4-5-15(7-18)19-13-32(24-30-11-17(27)12-31-24)20-8-16(10-29-22(19)20)21(33)9-25(2,3)23(28)34;1-15(14-36(3,33)34)7-23(32)18-9-22-24(28-10-18)21(13-31(22)25-29-11-19(27)12-30-25)17-5-4-6-20(8-17)35-16(2)26/h2-4,7-8,11-16H,5-6,9-10H2,1H3;4-8,10-14H,9H2,1-3H3,(H2,28,34);4-6,8-13,15-16H,7,14H2,1-3H3. The molecule has 1 aliphatic rings. The van der Waals surface area contributed by atoms with E-state index in [1.807, 2.05) is 0 Å². The summed E-state index contributed by atoms with van der Waals surface area (Å²) in [5.41, 5.74) is 12.2. The van der Waals surface area contributed by atoms with Crippen LogP contribution < -0.4 is 19.9 Å². The van der Waals surface area contributed by atoms with Crippen molar-refractivity contribution in [1.29, 1.82) is 0 Å². The molecule has 31 heteroatoms. The zero-order valence-corrected chi connectivity index (χ0v) is 59.3. The number of halogens is 8. The average Bonchev–Trinajstić information content (AvgIpc) is 1.63. The number of rotatable bonds is 25. The van der Waals surface area contributed by atoms with E-state index in [0.29, 0.717) is 101 Å². The number of amides is 1. The average molecular weight is 1490 g/mol. The van der Waals surface area contributed by atoms with E-state index in [9.17, 15) is 62.7 Å². The molecule has 4 atom stereocenters. The Balaban J connectivity index is 0.000000160. The van der Waals surface area contributed by atoms with Gasteiger partial charge in [-0.1, -0.05) is 57.2 Å². The molecule has 1 saturated carbocycles. The maximum Gasteiger partial charge on any atom is 0.248 e. The molecule has 1 amide bonds. The minimum absolute atomic E-state index is 0.0294. The smallest absolute Gasteiger partial charge is 0.248 e. The number of carbonyl (C=O) groups excluding carboxylic acids is 4. The van der Waals surface area contributed by atoms with Crippen molar-refractivity contribution in [2.45, 2.75) is 105 Å². The number of alkyl halides is 5. The number of hydrogen-bond acceptors (Lipinski definition) is 18. The highest BCUT2D eigenvalue weighted by Crippen LogP contribution is 2.45. The van der Waals surface area contributed by atoms with Crippen molar-refractivity contribution in [2.24, 2.45) is 23.0 Å². The lowest BCUT2D eigenvalue weighted by Crippen LogP contribution is -2.35. The number of pyridine rings is 3. The van der Waals surface area contributed by atoms with Crippen molar-refractivity contribution in [3.8, 4) is 68.5 Å². The Morgan fingerprint density at radius 3 is 1.18 bits per heavy atom. The van der Waals surface area contributed by atoms with Crippen LogP contribution in [0.5, 0.6) is 17.2 Å². The van der Waals surface area contributed by atoms with Crippen LogP contribution >= 0.6 is 0 Å². The van der Waals surface area contributed by atoms with Crippen LogP contribution in [0.3, 0.4) is 0 Å². The molecule has 12 aromatic rings. The van der Waals surface area contributed by atoms with Gasteiger partial charge in [0, 0.05) is 130 Å². The predicted molar refractivity (Wildman–Crippen MR) is 381 cm³/mol. The molecule has 4 unspecified atom stereocenters. The van der Waals surface area contributed by atoms with Gasteiger partial charge in [0.25, 0.3) is 0 Å². The zero-order chi connectivity index (χ0) is 76.8. The minimum atomic E-state index is -3.22. The van der Waals surface area contributed by atoms with E-state index in [-0.39, 0.29) is 90.5 Å². The molecule has 0 radical (unpaired) electrons. The molecule has 0 saturated heterocycles. The number of benzene rings is 3. The number of ketones is 3. The number of ether oxygens (including phenoxy) is 3. The summed E-state index contributed by atoms with van der Waals surface area (Å²) in [6.07, 6.45) is 12.3. The van der Waals surface area contributed by atoms with Gasteiger partial charge in [0.2, 0.25) is 48.7 Å². The second-order valence-corrected chi connectivity index (χ2v) is 28.6. The summed E-state index contributed by atoms with van der Waals surface area (Å²) < 4.78 is 150. The fourth-order valence-corrected chi connectivity index (χ4v) is 13.2. The molecule has 2 N–H and O–H groups in total. The molecule has 3 aromatic carbocycles. The number of sulfone groups is 1. The Hall–Kier alpha value is -11.8. The number of Topliss-reactive ketones (excluding diaryl/α,β-unsaturated/α-hetero) is 3. The summed E-state index contributed by atoms with van der Waals surface area (Å²) in [5.74, 6) is -4.95. The second-order valence-electron chi connectivity index (χ2n) is 26.4. The highest BCUT2D eigenvalue weighted by atomic mass is 32.2. The van der Waals surface area contributed by atoms with Crippen molar-refractivity contribution >= 4 is 66.2 Å². The SMILES string of the molecule is CC(CC(=O)c1cnc2c(-c3cccc(OC(C)F)c3)cn(-c3ncc(F)cn3)c2c1)CS(C)(=O)=O.CC(F)Oc1cccc(-c2cn(-c3ncc(F)cn3)c3cc(C(=O)CC(C)(C)C(N)=O)cnc23)c1.CC(F)Oc1cccc(-c2cn(-c3ncc(F)cn3)c3cc(C(=O)CCC4CC(F)(F)C4)cnc23)c1. The third-order valence-electron chi connectivity index (χ3n) is 17.0. The second kappa shape index (κ2) is 31.9. The van der Waals surface area contributed by atoms with Crippen LogP contribution in [0.25, 0.3) is 84.3 Å². The Labute approximate surface area is 607 Å². The Bertz CT molecular complexity index is 5400. The van der Waals surface area contributed by atoms with E-state index in [4.69, 9.17) is 19.9 Å². The van der Waals surface area contributed by atoms with Gasteiger partial charge in [-0.25, -0.2) is 73.4 Å². The van der Waals surface area contributed by atoms with Crippen LogP contribution in [-0.2, 0) is 14.6 Å². The number of carbonyl (C=O) groups is 4. The van der Waals surface area contributed by atoms with Gasteiger partial charge in [-0.15, -0.1) is 0 Å². The molecule has 22 nitrogen and oxygen atoms in total. The van der Waals surface area contributed by atoms with Crippen LogP contribution in [-0.4, -0.2) is 127 Å². The summed E-state index contributed by atoms with van der Waals surface area (Å²) in [5, 5.41) is 0. The number of hydrogen-bond donors (Lipinski definition) is 1. The van der Waals surface area contributed by atoms with Gasteiger partial charge in [0.1, 0.15) is 27.1 Å². The number of nitrogens with zero attached hydrogens (tertiary/aromatic N) is 12. The first-order chi connectivity index (χ1) is 50.7. The van der Waals surface area contributed by atoms with Crippen LogP contribution in [0.15, 0.2) is 165 Å². The molecule has 0 spiro atoms. The number of nitrogens with two attached hydrogens (primary N) is 1. The van der Waals surface area contributed by atoms with Gasteiger partial charge >= 0.3 is 0 Å². The molecule has 13 rings (SSSR count). The zero-order valence-electron chi connectivity index (χ0n) is 58.5. The number of fused-ring (bicyclic) bond motifs is 3. The third-order valence-corrected chi connectivity index (χ3v) is 18.2. The van der Waals surface area contributed by atoms with Crippen molar-refractivity contribution in [3.63, 3.8) is 0 Å². The predicted octanol–water partition coefficient (Wildman–Crippen LogP) is 15.3. The molecule has 0 bridgehead atoms. The molecule has 0 aliphatic heterocycles. The van der Waals surface area contributed by atoms with Crippen molar-refractivity contribution in [2.75, 3.05) is 12.0 Å². The van der Waals surface area contributed by atoms with E-state index in [2.05, 4.69) is 44.9 Å². The quantitative estimate of drug-likeness (QED) is 0.0411. The minimum Gasteiger partial charge on any atom is -0.461 e. The monoisotopic (exact) mass is 1490 g/mol. The first-order valence-corrected chi connectivity index (χ1v) is 35.4. The lowest BCUT2D eigenvalue weighted by molar-refractivity contribution is -0.125. The Morgan fingerprint density at radius 1 is 0.523 bits per heavy atom. The van der Waals surface area contributed by atoms with Gasteiger partial charge < -0.3 is 19.9 Å². The van der Waals surface area contributed by atoms with Crippen LogP contribution in [0.2, 0.25) is 0 Å². The summed E-state index contributed by atoms with van der Waals surface area (Å²) in [4.78, 5) is 88.2. The molecule has 1 fully saturated rings. The normalized spacial score (nSPS) is 14.0. The van der Waals surface area contributed by atoms with Crippen molar-refractivity contribution in [3.05, 3.63) is 199 Å². The first-order valence-electron chi connectivity index (χ1n) is 33.4. The van der Waals surface area contributed by atoms with Gasteiger partial charge in [-0.05, 0) is 89.5 Å². The van der Waals surface area contributed by atoms with Gasteiger partial charge in [-0.2, -0.15) is 0 Å². The molecule has 9 aromatic heterocycles. The number of primary amides is 1. The van der Waals surface area contributed by atoms with Crippen molar-refractivity contribution in [1.82, 2.24) is 58.6 Å². The Kier molecular flexibility index (Phi) is 22.8. The number of aromatic nitrogens is 12. The third kappa shape index (κ3) is 18.9. The van der Waals surface area contributed by atoms with Gasteiger partial charge in [0.15, 0.2) is 34.8 Å². The van der Waals surface area contributed by atoms with E-state index in [1.54, 1.807) is 144 Å². The molecule has 554 valence electrons. The summed E-state index contributed by atoms with van der Waals surface area (Å²) in [6, 6.07) is 25.3. The maximum absolute atomic E-state index is 13.5. The van der Waals surface area contributed by atoms with E-state index < -0.39 is 63.6 Å². The van der Waals surface area contributed by atoms with Gasteiger partial charge in [-0.3, -0.25) is 47.8 Å². The Morgan fingerprint density at radius 2 is 0.860 bits per heavy atom. The van der Waals surface area contributed by atoms with Crippen LogP contribution in [0.1, 0.15) is 111 Å². The molecular formula is C76H69F8N13O9S. The van der Waals surface area contributed by atoms with E-state index >= 15 is 0 Å². The van der Waals surface area contributed by atoms with E-state index in [1.165, 1.54) is 39.4 Å². The largest absolute Gasteiger partial charge is 0.461 e. The van der Waals surface area contributed by atoms with Crippen LogP contribution in [0.4, 0.5) is 35.1 Å². The highest BCUT2D eigenvalue weighted by Gasteiger charge is 2.45. The lowest BCUT2D eigenvalue weighted by atomic mass is 9.78. The first kappa shape index (κ1) is 76.4. The molecule has 1 aliphatic carbocycles. The highest BCUT2D eigenvalue weighted by molar-refractivity contribution is 7.90. The summed E-state index contributed by atoms with van der Waals surface area (Å²) >= 11 is 0. The topological polar surface area (TPSA) is 287 Å². The molecular weight excluding hydrogens is 1420 g/mol. The van der Waals surface area contributed by atoms with Crippen LogP contribution in [0, 0.1) is 34.7 Å². The van der Waals surface area contributed by atoms with Crippen molar-refractivity contribution < 1.29 is 76.9 Å². The molecule has 9 heterocycles. The summed E-state index contributed by atoms with van der Waals surface area (Å²) in [6.45, 7) is 8.73. The van der Waals surface area contributed by atoms with Gasteiger partial charge in [0.05, 0.1) is 81.4 Å².